The van der Waals surface area contributed by atoms with Gasteiger partial charge in [-0.3, -0.25) is 0 Å². The number of pyridine rings is 1. The van der Waals surface area contributed by atoms with Crippen LogP contribution in [0.4, 0.5) is 5.69 Å². The van der Waals surface area contributed by atoms with Crippen molar-refractivity contribution in [3.05, 3.63) is 18.0 Å². The molecule has 6 nitrogen and oxygen atoms in total. The summed E-state index contributed by atoms with van der Waals surface area (Å²) in [5, 5.41) is 18.4. The van der Waals surface area contributed by atoms with Gasteiger partial charge >= 0.3 is 0 Å². The summed E-state index contributed by atoms with van der Waals surface area (Å²) in [5.41, 5.74) is 2.64. The molecule has 0 unspecified atom stereocenters. The van der Waals surface area contributed by atoms with Crippen molar-refractivity contribution >= 4 is 16.7 Å². The zero-order valence-electron chi connectivity index (χ0n) is 11.7. The summed E-state index contributed by atoms with van der Waals surface area (Å²) in [7, 11) is 0. The highest BCUT2D eigenvalue weighted by molar-refractivity contribution is 5.90. The zero-order chi connectivity index (χ0) is 13.9. The Hall–Kier alpha value is -1.66. The molecule has 20 heavy (non-hydrogen) atoms. The van der Waals surface area contributed by atoms with Crippen LogP contribution in [0.25, 0.3) is 11.0 Å². The molecule has 0 saturated carbocycles. The van der Waals surface area contributed by atoms with Crippen LogP contribution in [-0.4, -0.2) is 39.1 Å². The fourth-order valence-corrected chi connectivity index (χ4v) is 2.64. The molecule has 1 fully saturated rings. The van der Waals surface area contributed by atoms with Crippen LogP contribution in [0.15, 0.2) is 12.4 Å². The summed E-state index contributed by atoms with van der Waals surface area (Å²) in [5.74, 6) is 0. The second kappa shape index (κ2) is 5.76. The lowest BCUT2D eigenvalue weighted by molar-refractivity contribution is 0.0904. The molecule has 1 aliphatic heterocycles. The monoisotopic (exact) mass is 276 g/mol. The number of anilines is 1. The van der Waals surface area contributed by atoms with Gasteiger partial charge in [-0.15, -0.1) is 0 Å². The first-order valence-electron chi connectivity index (χ1n) is 7.12. The van der Waals surface area contributed by atoms with Gasteiger partial charge < -0.3 is 15.2 Å². The fraction of sp³-hybridized carbons (Fsp3) is 0.571. The van der Waals surface area contributed by atoms with E-state index in [2.05, 4.69) is 15.4 Å². The van der Waals surface area contributed by atoms with E-state index in [4.69, 9.17) is 4.74 Å². The summed E-state index contributed by atoms with van der Waals surface area (Å²) in [4.78, 5) is 4.41. The Labute approximate surface area is 117 Å². The van der Waals surface area contributed by atoms with Crippen molar-refractivity contribution in [2.45, 2.75) is 39.0 Å². The highest BCUT2D eigenvalue weighted by Gasteiger charge is 2.18. The normalized spacial score (nSPS) is 16.7. The second-order valence-corrected chi connectivity index (χ2v) is 5.05. The van der Waals surface area contributed by atoms with E-state index < -0.39 is 0 Å². The summed E-state index contributed by atoms with van der Waals surface area (Å²) in [6.07, 6.45) is 5.53. The summed E-state index contributed by atoms with van der Waals surface area (Å²) in [6.45, 7) is 4.38. The number of aliphatic hydroxyl groups is 1. The molecule has 2 aromatic heterocycles. The predicted octanol–water partition coefficient (Wildman–Crippen LogP) is 1.53. The minimum absolute atomic E-state index is 0.0220. The van der Waals surface area contributed by atoms with E-state index in [1.54, 1.807) is 6.20 Å². The van der Waals surface area contributed by atoms with Gasteiger partial charge in [0, 0.05) is 37.6 Å². The van der Waals surface area contributed by atoms with E-state index in [9.17, 15) is 5.11 Å². The van der Waals surface area contributed by atoms with Crippen LogP contribution < -0.4 is 5.32 Å². The van der Waals surface area contributed by atoms with Crippen LogP contribution >= 0.6 is 0 Å². The molecular weight excluding hydrogens is 256 g/mol. The number of hydrogen-bond donors (Lipinski definition) is 2. The highest BCUT2D eigenvalue weighted by atomic mass is 16.5. The quantitative estimate of drug-likeness (QED) is 0.886. The molecular formula is C14H20N4O2. The first-order chi connectivity index (χ1) is 9.83. The predicted molar refractivity (Wildman–Crippen MR) is 76.6 cm³/mol. The molecule has 6 heteroatoms. The first kappa shape index (κ1) is 13.3. The van der Waals surface area contributed by atoms with Crippen LogP contribution in [-0.2, 0) is 17.9 Å². The van der Waals surface area contributed by atoms with Crippen LogP contribution in [0.2, 0.25) is 0 Å². The van der Waals surface area contributed by atoms with Crippen molar-refractivity contribution in [1.29, 1.82) is 0 Å². The number of aromatic nitrogens is 3. The molecule has 0 bridgehead atoms. The number of ether oxygens (including phenoxy) is 1. The molecule has 0 aliphatic carbocycles. The van der Waals surface area contributed by atoms with E-state index >= 15 is 0 Å². The lowest BCUT2D eigenvalue weighted by Crippen LogP contribution is -2.28. The zero-order valence-corrected chi connectivity index (χ0v) is 11.7. The molecule has 2 N–H and O–H groups in total. The number of aryl methyl sites for hydroxylation is 1. The van der Waals surface area contributed by atoms with Gasteiger partial charge in [0.1, 0.15) is 0 Å². The second-order valence-electron chi connectivity index (χ2n) is 5.05. The van der Waals surface area contributed by atoms with Gasteiger partial charge in [0.25, 0.3) is 0 Å². The average molecular weight is 276 g/mol. The van der Waals surface area contributed by atoms with Crippen LogP contribution in [0.5, 0.6) is 0 Å². The van der Waals surface area contributed by atoms with Crippen LogP contribution in [0.3, 0.4) is 0 Å². The molecule has 3 rings (SSSR count). The molecule has 2 aromatic rings. The van der Waals surface area contributed by atoms with Crippen LogP contribution in [0.1, 0.15) is 25.3 Å². The van der Waals surface area contributed by atoms with Gasteiger partial charge in [0.05, 0.1) is 23.9 Å². The van der Waals surface area contributed by atoms with Gasteiger partial charge in [-0.05, 0) is 19.8 Å². The molecule has 3 heterocycles. The average Bonchev–Trinajstić information content (AvgIpc) is 2.92. The SMILES string of the molecule is CCn1ncc2c(NC3CCOCC3)c(CO)cnc21. The molecule has 0 amide bonds. The third kappa shape index (κ3) is 2.36. The van der Waals surface area contributed by atoms with E-state index in [1.165, 1.54) is 0 Å². The molecule has 1 saturated heterocycles. The van der Waals surface area contributed by atoms with Gasteiger partial charge in [0.15, 0.2) is 5.65 Å². The molecule has 1 aliphatic rings. The highest BCUT2D eigenvalue weighted by Crippen LogP contribution is 2.28. The van der Waals surface area contributed by atoms with Gasteiger partial charge in [-0.2, -0.15) is 5.10 Å². The van der Waals surface area contributed by atoms with Crippen molar-refractivity contribution in [3.8, 4) is 0 Å². The number of aliphatic hydroxyl groups excluding tert-OH is 1. The summed E-state index contributed by atoms with van der Waals surface area (Å²) < 4.78 is 7.25. The standard InChI is InChI=1S/C14H20N4O2/c1-2-18-14-12(8-16-18)13(10(9-19)7-15-14)17-11-3-5-20-6-4-11/h7-8,11,19H,2-6,9H2,1H3,(H,15,17). The Morgan fingerprint density at radius 1 is 1.40 bits per heavy atom. The van der Waals surface area contributed by atoms with Crippen LogP contribution in [0, 0.1) is 0 Å². The lowest BCUT2D eigenvalue weighted by Gasteiger charge is -2.25. The maximum Gasteiger partial charge on any atom is 0.159 e. The van der Waals surface area contributed by atoms with Crippen molar-refractivity contribution in [3.63, 3.8) is 0 Å². The Kier molecular flexibility index (Phi) is 3.84. The smallest absolute Gasteiger partial charge is 0.159 e. The largest absolute Gasteiger partial charge is 0.392 e. The molecule has 0 spiro atoms. The lowest BCUT2D eigenvalue weighted by atomic mass is 10.1. The van der Waals surface area contributed by atoms with Crippen molar-refractivity contribution in [2.75, 3.05) is 18.5 Å². The fourth-order valence-electron chi connectivity index (χ4n) is 2.64. The Morgan fingerprint density at radius 3 is 2.90 bits per heavy atom. The first-order valence-corrected chi connectivity index (χ1v) is 7.12. The van der Waals surface area contributed by atoms with Crippen molar-refractivity contribution in [1.82, 2.24) is 14.8 Å². The Bertz CT molecular complexity index is 590. The van der Waals surface area contributed by atoms with Gasteiger partial charge in [-0.25, -0.2) is 9.67 Å². The maximum absolute atomic E-state index is 9.54. The Balaban J connectivity index is 1.99. The van der Waals surface area contributed by atoms with Gasteiger partial charge in [0.2, 0.25) is 0 Å². The number of nitrogens with zero attached hydrogens (tertiary/aromatic N) is 3. The van der Waals surface area contributed by atoms with Crippen molar-refractivity contribution in [2.24, 2.45) is 0 Å². The molecule has 0 aromatic carbocycles. The maximum atomic E-state index is 9.54. The third-order valence-corrected chi connectivity index (χ3v) is 3.78. The molecule has 0 atom stereocenters. The minimum Gasteiger partial charge on any atom is -0.392 e. The van der Waals surface area contributed by atoms with Gasteiger partial charge in [-0.1, -0.05) is 0 Å². The number of nitrogens with one attached hydrogen (secondary N) is 1. The summed E-state index contributed by atoms with van der Waals surface area (Å²) >= 11 is 0. The minimum atomic E-state index is -0.0220. The Morgan fingerprint density at radius 2 is 2.20 bits per heavy atom. The third-order valence-electron chi connectivity index (χ3n) is 3.78. The molecule has 0 radical (unpaired) electrons. The van der Waals surface area contributed by atoms with E-state index in [0.717, 1.165) is 54.9 Å². The van der Waals surface area contributed by atoms with E-state index in [1.807, 2.05) is 17.8 Å². The van der Waals surface area contributed by atoms with E-state index in [0.29, 0.717) is 6.04 Å². The number of fused-ring (bicyclic) bond motifs is 1. The topological polar surface area (TPSA) is 72.2 Å². The van der Waals surface area contributed by atoms with E-state index in [-0.39, 0.29) is 6.61 Å². The van der Waals surface area contributed by atoms with Crippen molar-refractivity contribution < 1.29 is 9.84 Å². The number of rotatable bonds is 4. The molecule has 108 valence electrons. The summed E-state index contributed by atoms with van der Waals surface area (Å²) in [6, 6.07) is 0.379. The number of hydrogen-bond acceptors (Lipinski definition) is 5.